The topological polar surface area (TPSA) is 75.3 Å². The number of aromatic nitrogens is 2. The molecule has 3 aromatic rings. The van der Waals surface area contributed by atoms with Crippen LogP contribution in [-0.4, -0.2) is 34.4 Å². The Balaban J connectivity index is 1.57. The Morgan fingerprint density at radius 2 is 2.03 bits per heavy atom. The fourth-order valence-corrected chi connectivity index (χ4v) is 3.74. The molecule has 148 valence electrons. The van der Waals surface area contributed by atoms with E-state index in [2.05, 4.69) is 16.0 Å². The van der Waals surface area contributed by atoms with E-state index in [1.807, 2.05) is 31.2 Å². The minimum Gasteiger partial charge on any atom is -0.496 e. The van der Waals surface area contributed by atoms with Crippen LogP contribution in [0.5, 0.6) is 5.75 Å². The molecule has 0 unspecified atom stereocenters. The molecule has 4 rings (SSSR count). The van der Waals surface area contributed by atoms with Gasteiger partial charge in [-0.1, -0.05) is 42.0 Å². The zero-order valence-corrected chi connectivity index (χ0v) is 16.6. The average Bonchev–Trinajstić information content (AvgIpc) is 2.73. The summed E-state index contributed by atoms with van der Waals surface area (Å²) in [7, 11) is 1.54. The van der Waals surface area contributed by atoms with Crippen molar-refractivity contribution in [3.63, 3.8) is 0 Å². The highest BCUT2D eigenvalue weighted by molar-refractivity contribution is 5.97. The van der Waals surface area contributed by atoms with Gasteiger partial charge in [-0.25, -0.2) is 4.98 Å². The number of ether oxygens (including phenoxy) is 1. The summed E-state index contributed by atoms with van der Waals surface area (Å²) in [6, 6.07) is 15.3. The first-order valence-corrected chi connectivity index (χ1v) is 9.64. The molecule has 0 bridgehead atoms. The summed E-state index contributed by atoms with van der Waals surface area (Å²) >= 11 is 0. The molecule has 1 aliphatic heterocycles. The Morgan fingerprint density at radius 3 is 2.83 bits per heavy atom. The lowest BCUT2D eigenvalue weighted by atomic mass is 10.0. The van der Waals surface area contributed by atoms with Crippen LogP contribution in [0.2, 0.25) is 0 Å². The van der Waals surface area contributed by atoms with Gasteiger partial charge in [0.15, 0.2) is 0 Å². The fraction of sp³-hybridized carbons (Fsp3) is 0.261. The lowest BCUT2D eigenvalue weighted by Crippen LogP contribution is -2.40. The first kappa shape index (κ1) is 18.9. The minimum atomic E-state index is -0.171. The van der Waals surface area contributed by atoms with E-state index in [0.717, 1.165) is 11.3 Å². The fourth-order valence-electron chi connectivity index (χ4n) is 3.74. The predicted octanol–water partition coefficient (Wildman–Crippen LogP) is 2.88. The average molecular weight is 389 g/mol. The molecule has 1 aliphatic rings. The van der Waals surface area contributed by atoms with Crippen molar-refractivity contribution in [1.29, 1.82) is 0 Å². The van der Waals surface area contributed by atoms with Crippen LogP contribution in [0.15, 0.2) is 53.3 Å². The highest BCUT2D eigenvalue weighted by Gasteiger charge is 2.26. The normalized spacial score (nSPS) is 13.1. The number of rotatable bonds is 4. The van der Waals surface area contributed by atoms with Crippen LogP contribution < -0.4 is 10.3 Å². The number of fused-ring (bicyclic) bond motifs is 1. The molecule has 2 heterocycles. The number of benzene rings is 2. The molecular formula is C23H23N3O3. The van der Waals surface area contributed by atoms with Gasteiger partial charge >= 0.3 is 0 Å². The van der Waals surface area contributed by atoms with Gasteiger partial charge in [0.05, 0.1) is 30.5 Å². The second kappa shape index (κ2) is 7.91. The van der Waals surface area contributed by atoms with Crippen molar-refractivity contribution in [2.24, 2.45) is 0 Å². The van der Waals surface area contributed by atoms with Gasteiger partial charge in [-0.05, 0) is 24.6 Å². The molecule has 1 N–H and O–H groups in total. The summed E-state index contributed by atoms with van der Waals surface area (Å²) in [6.07, 6.45) is 1.13. The van der Waals surface area contributed by atoms with Crippen LogP contribution in [-0.2, 0) is 19.4 Å². The molecule has 0 saturated carbocycles. The quantitative estimate of drug-likeness (QED) is 0.745. The Hall–Kier alpha value is -3.41. The summed E-state index contributed by atoms with van der Waals surface area (Å²) in [5.74, 6) is 1.05. The second-order valence-corrected chi connectivity index (χ2v) is 7.28. The zero-order valence-electron chi connectivity index (χ0n) is 16.6. The van der Waals surface area contributed by atoms with Gasteiger partial charge < -0.3 is 14.6 Å². The van der Waals surface area contributed by atoms with Crippen LogP contribution in [0, 0.1) is 6.92 Å². The Labute approximate surface area is 169 Å². The maximum atomic E-state index is 13.0. The second-order valence-electron chi connectivity index (χ2n) is 7.28. The highest BCUT2D eigenvalue weighted by Crippen LogP contribution is 2.22. The van der Waals surface area contributed by atoms with E-state index in [4.69, 9.17) is 4.74 Å². The maximum absolute atomic E-state index is 13.0. The minimum absolute atomic E-state index is 0.142. The number of methoxy groups -OCH3 is 1. The number of carbonyl (C=O) groups is 1. The van der Waals surface area contributed by atoms with E-state index in [1.165, 1.54) is 5.56 Å². The first-order valence-electron chi connectivity index (χ1n) is 9.64. The lowest BCUT2D eigenvalue weighted by Gasteiger charge is -2.28. The lowest BCUT2D eigenvalue weighted by molar-refractivity contribution is 0.0729. The number of aromatic amines is 1. The van der Waals surface area contributed by atoms with Gasteiger partial charge in [0.1, 0.15) is 11.6 Å². The SMILES string of the molecule is COc1ccccc1C(=O)N1CCc2nc(Cc3cccc(C)c3)[nH]c(=O)c2C1. The molecule has 0 saturated heterocycles. The third-order valence-corrected chi connectivity index (χ3v) is 5.20. The van der Waals surface area contributed by atoms with E-state index in [9.17, 15) is 9.59 Å². The van der Waals surface area contributed by atoms with Crippen LogP contribution in [0.1, 0.15) is 38.6 Å². The standard InChI is InChI=1S/C23H23N3O3/c1-15-6-5-7-16(12-15)13-21-24-19-10-11-26(14-18(19)22(27)25-21)23(28)17-8-3-4-9-20(17)29-2/h3-9,12H,10-11,13-14H2,1-2H3,(H,24,25,27). The molecule has 1 amide bonds. The molecule has 2 aromatic carbocycles. The summed E-state index contributed by atoms with van der Waals surface area (Å²) in [4.78, 5) is 34.9. The monoisotopic (exact) mass is 389 g/mol. The number of aryl methyl sites for hydroxylation is 1. The van der Waals surface area contributed by atoms with Crippen molar-refractivity contribution in [1.82, 2.24) is 14.9 Å². The third-order valence-electron chi connectivity index (χ3n) is 5.20. The van der Waals surface area contributed by atoms with Crippen molar-refractivity contribution in [2.45, 2.75) is 26.3 Å². The zero-order chi connectivity index (χ0) is 20.4. The number of hydrogen-bond acceptors (Lipinski definition) is 4. The number of amides is 1. The molecular weight excluding hydrogens is 366 g/mol. The molecule has 0 radical (unpaired) electrons. The van der Waals surface area contributed by atoms with Crippen molar-refractivity contribution in [2.75, 3.05) is 13.7 Å². The van der Waals surface area contributed by atoms with Gasteiger partial charge in [-0.3, -0.25) is 9.59 Å². The highest BCUT2D eigenvalue weighted by atomic mass is 16.5. The third kappa shape index (κ3) is 3.92. The summed E-state index contributed by atoms with van der Waals surface area (Å²) < 4.78 is 5.30. The number of hydrogen-bond donors (Lipinski definition) is 1. The van der Waals surface area contributed by atoms with Crippen molar-refractivity contribution < 1.29 is 9.53 Å². The number of carbonyl (C=O) groups excluding carboxylic acids is 1. The van der Waals surface area contributed by atoms with E-state index in [-0.39, 0.29) is 18.0 Å². The van der Waals surface area contributed by atoms with Gasteiger partial charge in [-0.15, -0.1) is 0 Å². The van der Waals surface area contributed by atoms with Gasteiger partial charge in [0.2, 0.25) is 0 Å². The molecule has 0 aliphatic carbocycles. The van der Waals surface area contributed by atoms with Gasteiger partial charge in [-0.2, -0.15) is 0 Å². The van der Waals surface area contributed by atoms with E-state index in [1.54, 1.807) is 30.2 Å². The predicted molar refractivity (Wildman–Crippen MR) is 110 cm³/mol. The van der Waals surface area contributed by atoms with Crippen LogP contribution in [0.4, 0.5) is 0 Å². The molecule has 6 heteroatoms. The van der Waals surface area contributed by atoms with Gasteiger partial charge in [0.25, 0.3) is 11.5 Å². The van der Waals surface area contributed by atoms with Crippen LogP contribution in [0.25, 0.3) is 0 Å². The first-order chi connectivity index (χ1) is 14.0. The van der Waals surface area contributed by atoms with Crippen LogP contribution in [0.3, 0.4) is 0 Å². The molecule has 0 fully saturated rings. The van der Waals surface area contributed by atoms with Gasteiger partial charge in [0, 0.05) is 19.4 Å². The maximum Gasteiger partial charge on any atom is 0.257 e. The number of nitrogens with zero attached hydrogens (tertiary/aromatic N) is 2. The van der Waals surface area contributed by atoms with Crippen molar-refractivity contribution in [3.05, 3.63) is 92.7 Å². The largest absolute Gasteiger partial charge is 0.496 e. The number of H-pyrrole nitrogens is 1. The number of para-hydroxylation sites is 1. The number of nitrogens with one attached hydrogen (secondary N) is 1. The van der Waals surface area contributed by atoms with Crippen molar-refractivity contribution >= 4 is 5.91 Å². The molecule has 29 heavy (non-hydrogen) atoms. The van der Waals surface area contributed by atoms with Crippen LogP contribution >= 0.6 is 0 Å². The van der Waals surface area contributed by atoms with E-state index >= 15 is 0 Å². The smallest absolute Gasteiger partial charge is 0.257 e. The molecule has 0 atom stereocenters. The van der Waals surface area contributed by atoms with E-state index < -0.39 is 0 Å². The summed E-state index contributed by atoms with van der Waals surface area (Å²) in [6.45, 7) is 2.81. The van der Waals surface area contributed by atoms with Crippen molar-refractivity contribution in [3.8, 4) is 5.75 Å². The van der Waals surface area contributed by atoms with E-state index in [0.29, 0.717) is 42.1 Å². The molecule has 0 spiro atoms. The Morgan fingerprint density at radius 1 is 1.21 bits per heavy atom. The molecule has 6 nitrogen and oxygen atoms in total. The Kier molecular flexibility index (Phi) is 5.16. The molecule has 1 aromatic heterocycles. The summed E-state index contributed by atoms with van der Waals surface area (Å²) in [5.41, 5.74) is 3.95. The summed E-state index contributed by atoms with van der Waals surface area (Å²) in [5, 5.41) is 0. The Bertz CT molecular complexity index is 1120.